The van der Waals surface area contributed by atoms with Crippen LogP contribution in [0.25, 0.3) is 0 Å². The summed E-state index contributed by atoms with van der Waals surface area (Å²) in [5, 5.41) is 9.00. The van der Waals surface area contributed by atoms with Crippen molar-refractivity contribution < 1.29 is 13.5 Å². The van der Waals surface area contributed by atoms with Crippen molar-refractivity contribution in [3.8, 4) is 5.75 Å². The van der Waals surface area contributed by atoms with Gasteiger partial charge in [0.1, 0.15) is 5.75 Å². The zero-order chi connectivity index (χ0) is 11.3. The van der Waals surface area contributed by atoms with Gasteiger partial charge in [0.25, 0.3) is 0 Å². The quantitative estimate of drug-likeness (QED) is 0.617. The number of aromatic hydroxyl groups is 1. The summed E-state index contributed by atoms with van der Waals surface area (Å²) in [6, 6.07) is 5.82. The lowest BCUT2D eigenvalue weighted by Gasteiger charge is -2.06. The SMILES string of the molecule is O=S(=O)(CCCCl)Nc1ccc(O)cc1. The summed E-state index contributed by atoms with van der Waals surface area (Å²) in [4.78, 5) is 0. The summed E-state index contributed by atoms with van der Waals surface area (Å²) in [6.07, 6.45) is 0.412. The fourth-order valence-corrected chi connectivity index (χ4v) is 2.42. The highest BCUT2D eigenvalue weighted by atomic mass is 35.5. The van der Waals surface area contributed by atoms with Crippen molar-refractivity contribution in [3.63, 3.8) is 0 Å². The molecule has 1 aromatic rings. The third-order valence-corrected chi connectivity index (χ3v) is 3.33. The number of phenolic OH excluding ortho intramolecular Hbond substituents is 1. The van der Waals surface area contributed by atoms with Crippen LogP contribution in [0.4, 0.5) is 5.69 Å². The molecule has 84 valence electrons. The number of benzene rings is 1. The number of phenols is 1. The van der Waals surface area contributed by atoms with Gasteiger partial charge in [-0.1, -0.05) is 0 Å². The standard InChI is InChI=1S/C9H12ClNO3S/c10-6-1-7-15(13,14)11-8-2-4-9(12)5-3-8/h2-5,11-12H,1,6-7H2. The van der Waals surface area contributed by atoms with Gasteiger partial charge in [-0.15, -0.1) is 11.6 Å². The summed E-state index contributed by atoms with van der Waals surface area (Å²) in [6.45, 7) is 0. The number of anilines is 1. The molecule has 0 radical (unpaired) electrons. The minimum absolute atomic E-state index is 0.00260. The molecule has 15 heavy (non-hydrogen) atoms. The number of sulfonamides is 1. The molecule has 0 aliphatic heterocycles. The van der Waals surface area contributed by atoms with Crippen molar-refractivity contribution >= 4 is 27.3 Å². The van der Waals surface area contributed by atoms with Crippen LogP contribution in [0.1, 0.15) is 6.42 Å². The first-order chi connectivity index (χ1) is 7.03. The molecule has 6 heteroatoms. The van der Waals surface area contributed by atoms with Crippen molar-refractivity contribution in [1.29, 1.82) is 0 Å². The number of nitrogens with one attached hydrogen (secondary N) is 1. The molecule has 0 bridgehead atoms. The summed E-state index contributed by atoms with van der Waals surface area (Å²) in [5.74, 6) is 0.409. The molecule has 0 saturated carbocycles. The number of hydrogen-bond acceptors (Lipinski definition) is 3. The molecular weight excluding hydrogens is 238 g/mol. The molecule has 2 N–H and O–H groups in total. The molecule has 4 nitrogen and oxygen atoms in total. The Bertz CT molecular complexity index is 402. The Kier molecular flexibility index (Phi) is 4.23. The zero-order valence-electron chi connectivity index (χ0n) is 7.98. The molecule has 0 atom stereocenters. The summed E-state index contributed by atoms with van der Waals surface area (Å²) in [5.41, 5.74) is 0.433. The largest absolute Gasteiger partial charge is 0.508 e. The van der Waals surface area contributed by atoms with Crippen LogP contribution in [0.5, 0.6) is 5.75 Å². The van der Waals surface area contributed by atoms with Crippen molar-refractivity contribution in [2.24, 2.45) is 0 Å². The first-order valence-electron chi connectivity index (χ1n) is 4.39. The Morgan fingerprint density at radius 3 is 2.40 bits per heavy atom. The van der Waals surface area contributed by atoms with E-state index in [1.807, 2.05) is 0 Å². The first-order valence-corrected chi connectivity index (χ1v) is 6.58. The molecule has 1 rings (SSSR count). The number of rotatable bonds is 5. The van der Waals surface area contributed by atoms with Gasteiger partial charge in [0.05, 0.1) is 5.75 Å². The second-order valence-corrected chi connectivity index (χ2v) is 5.23. The first kappa shape index (κ1) is 12.1. The van der Waals surface area contributed by atoms with Crippen molar-refractivity contribution in [1.82, 2.24) is 0 Å². The predicted molar refractivity (Wildman–Crippen MR) is 60.9 cm³/mol. The molecule has 0 saturated heterocycles. The molecule has 0 aromatic heterocycles. The maximum absolute atomic E-state index is 11.4. The van der Waals surface area contributed by atoms with Crippen LogP contribution >= 0.6 is 11.6 Å². The van der Waals surface area contributed by atoms with Gasteiger partial charge in [-0.2, -0.15) is 0 Å². The zero-order valence-corrected chi connectivity index (χ0v) is 9.55. The second-order valence-electron chi connectivity index (χ2n) is 3.01. The van der Waals surface area contributed by atoms with Gasteiger partial charge in [0, 0.05) is 11.6 Å². The van der Waals surface area contributed by atoms with Gasteiger partial charge < -0.3 is 5.11 Å². The molecule has 0 heterocycles. The Morgan fingerprint density at radius 2 is 1.87 bits per heavy atom. The van der Waals surface area contributed by atoms with Crippen LogP contribution in [0.15, 0.2) is 24.3 Å². The molecule has 0 aliphatic rings. The van der Waals surface area contributed by atoms with E-state index in [1.54, 1.807) is 0 Å². The van der Waals surface area contributed by atoms with Gasteiger partial charge in [0.15, 0.2) is 0 Å². The lowest BCUT2D eigenvalue weighted by molar-refractivity contribution is 0.475. The third kappa shape index (κ3) is 4.40. The average molecular weight is 250 g/mol. The third-order valence-electron chi connectivity index (χ3n) is 1.69. The van der Waals surface area contributed by atoms with E-state index in [0.29, 0.717) is 18.0 Å². The van der Waals surface area contributed by atoms with Gasteiger partial charge in [-0.25, -0.2) is 8.42 Å². The minimum Gasteiger partial charge on any atom is -0.508 e. The Morgan fingerprint density at radius 1 is 1.27 bits per heavy atom. The van der Waals surface area contributed by atoms with E-state index in [9.17, 15) is 8.42 Å². The van der Waals surface area contributed by atoms with E-state index in [2.05, 4.69) is 4.72 Å². The lowest BCUT2D eigenvalue weighted by Crippen LogP contribution is -2.16. The van der Waals surface area contributed by atoms with Gasteiger partial charge in [-0.05, 0) is 30.7 Å². The molecule has 0 unspecified atom stereocenters. The van der Waals surface area contributed by atoms with Crippen LogP contribution < -0.4 is 4.72 Å². The molecule has 0 aliphatic carbocycles. The topological polar surface area (TPSA) is 66.4 Å². The van der Waals surface area contributed by atoms with Gasteiger partial charge in [0.2, 0.25) is 10.0 Å². The molecular formula is C9H12ClNO3S. The second kappa shape index (κ2) is 5.23. The lowest BCUT2D eigenvalue weighted by atomic mass is 10.3. The van der Waals surface area contributed by atoms with Gasteiger partial charge in [-0.3, -0.25) is 4.72 Å². The maximum atomic E-state index is 11.4. The fourth-order valence-electron chi connectivity index (χ4n) is 1.00. The van der Waals surface area contributed by atoms with Crippen LogP contribution in [0.2, 0.25) is 0 Å². The Hall–Kier alpha value is -0.940. The highest BCUT2D eigenvalue weighted by Gasteiger charge is 2.09. The Balaban J connectivity index is 2.65. The smallest absolute Gasteiger partial charge is 0.232 e. The number of hydrogen-bond donors (Lipinski definition) is 2. The monoisotopic (exact) mass is 249 g/mol. The van der Waals surface area contributed by atoms with Crippen LogP contribution in [-0.2, 0) is 10.0 Å². The van der Waals surface area contributed by atoms with Crippen molar-refractivity contribution in [3.05, 3.63) is 24.3 Å². The molecule has 0 spiro atoms. The van der Waals surface area contributed by atoms with Crippen molar-refractivity contribution in [2.45, 2.75) is 6.42 Å². The van der Waals surface area contributed by atoms with E-state index in [-0.39, 0.29) is 11.5 Å². The van der Waals surface area contributed by atoms with E-state index in [1.165, 1.54) is 24.3 Å². The average Bonchev–Trinajstić information content (AvgIpc) is 2.18. The highest BCUT2D eigenvalue weighted by molar-refractivity contribution is 7.92. The normalized spacial score (nSPS) is 11.3. The van der Waals surface area contributed by atoms with Crippen molar-refractivity contribution in [2.75, 3.05) is 16.4 Å². The summed E-state index contributed by atoms with van der Waals surface area (Å²) >= 11 is 5.41. The van der Waals surface area contributed by atoms with E-state index >= 15 is 0 Å². The summed E-state index contributed by atoms with van der Waals surface area (Å²) in [7, 11) is -3.33. The number of alkyl halides is 1. The molecule has 0 amide bonds. The maximum Gasteiger partial charge on any atom is 0.232 e. The van der Waals surface area contributed by atoms with Crippen LogP contribution in [0.3, 0.4) is 0 Å². The number of halogens is 1. The van der Waals surface area contributed by atoms with E-state index < -0.39 is 10.0 Å². The van der Waals surface area contributed by atoms with E-state index in [0.717, 1.165) is 0 Å². The summed E-state index contributed by atoms with van der Waals surface area (Å²) < 4.78 is 25.2. The predicted octanol–water partition coefficient (Wildman–Crippen LogP) is 1.76. The minimum atomic E-state index is -3.33. The molecule has 1 aromatic carbocycles. The van der Waals surface area contributed by atoms with Gasteiger partial charge >= 0.3 is 0 Å². The van der Waals surface area contributed by atoms with E-state index in [4.69, 9.17) is 16.7 Å². The fraction of sp³-hybridized carbons (Fsp3) is 0.333. The van der Waals surface area contributed by atoms with Crippen LogP contribution in [0, 0.1) is 0 Å². The Labute approximate surface area is 93.9 Å². The highest BCUT2D eigenvalue weighted by Crippen LogP contribution is 2.15. The van der Waals surface area contributed by atoms with Crippen LogP contribution in [-0.4, -0.2) is 25.2 Å². The molecule has 0 fully saturated rings.